The fourth-order valence-electron chi connectivity index (χ4n) is 6.80. The molecule has 4 heterocycles. The van der Waals surface area contributed by atoms with Gasteiger partial charge in [0.05, 0.1) is 8.07 Å². The van der Waals surface area contributed by atoms with Crippen LogP contribution in [0.4, 0.5) is 22.7 Å². The molecule has 0 bridgehead atoms. The standard InChI is InChI=1S/C18H17BN3.C16H16N2Si.Ir/c1-13-7-6-8-14(2)17(13)19-21(3)16-10-5-4-9-15(16)18-20-11-12-22(18)19;1-17-11-18-12-7-4-5-9-14(12)19(2,3)15-10-6-8-13(17)16(15)18;/h4-8,10-12H,1-3H3;4-6,8-11H,1-3H3;/q-1;-2;+3. The molecule has 3 aliphatic heterocycles. The zero-order valence-corrected chi connectivity index (χ0v) is 28.2. The molecule has 0 fully saturated rings. The van der Waals surface area contributed by atoms with Gasteiger partial charge in [0.1, 0.15) is 0 Å². The molecule has 3 aliphatic rings. The Morgan fingerprint density at radius 1 is 0.833 bits per heavy atom. The molecule has 0 saturated heterocycles. The van der Waals surface area contributed by atoms with Crippen LogP contribution in [0.1, 0.15) is 11.1 Å². The SMILES string of the molecule is CN1[CH-]N2c3[c-]cccc3[Si](C)(C)c3cccc1c32.Cc1cccc(C)c1B1N(C)c2ccc[c-]c2-c2nccn21.[Ir+3]. The van der Waals surface area contributed by atoms with Gasteiger partial charge in [-0.15, -0.1) is 35.1 Å². The number of aromatic nitrogens is 2. The van der Waals surface area contributed by atoms with Crippen molar-refractivity contribution in [3.05, 3.63) is 115 Å². The van der Waals surface area contributed by atoms with E-state index >= 15 is 0 Å². The van der Waals surface area contributed by atoms with E-state index in [9.17, 15) is 0 Å². The maximum absolute atomic E-state index is 4.57. The van der Waals surface area contributed by atoms with Gasteiger partial charge in [-0.2, -0.15) is 30.9 Å². The molecule has 4 aromatic carbocycles. The third kappa shape index (κ3) is 4.19. The van der Waals surface area contributed by atoms with Gasteiger partial charge in [0.15, 0.2) is 0 Å². The van der Waals surface area contributed by atoms with E-state index < -0.39 is 8.07 Å². The Kier molecular flexibility index (Phi) is 7.20. The molecule has 8 rings (SSSR count). The number of benzene rings is 4. The van der Waals surface area contributed by atoms with Gasteiger partial charge in [0.25, 0.3) is 0 Å². The van der Waals surface area contributed by atoms with Crippen molar-refractivity contribution in [2.45, 2.75) is 26.9 Å². The van der Waals surface area contributed by atoms with Crippen LogP contribution in [-0.2, 0) is 20.1 Å². The summed E-state index contributed by atoms with van der Waals surface area (Å²) < 4.78 is 2.24. The molecule has 0 radical (unpaired) electrons. The van der Waals surface area contributed by atoms with E-state index in [-0.39, 0.29) is 27.1 Å². The smallest absolute Gasteiger partial charge is 0.504 e. The van der Waals surface area contributed by atoms with Crippen LogP contribution in [0.5, 0.6) is 0 Å². The van der Waals surface area contributed by atoms with Crippen molar-refractivity contribution >= 4 is 53.6 Å². The number of hydrogen-bond donors (Lipinski definition) is 0. The van der Waals surface area contributed by atoms with Crippen molar-refractivity contribution in [1.82, 2.24) is 9.46 Å². The molecule has 210 valence electrons. The topological polar surface area (TPSA) is 27.5 Å². The molecule has 5 aromatic rings. The van der Waals surface area contributed by atoms with Gasteiger partial charge >= 0.3 is 27.1 Å². The van der Waals surface area contributed by atoms with Gasteiger partial charge in [0.2, 0.25) is 0 Å². The minimum absolute atomic E-state index is 0. The fraction of sp³-hybridized carbons (Fsp3) is 0.176. The quantitative estimate of drug-likeness (QED) is 0.179. The normalized spacial score (nSPS) is 15.1. The Bertz CT molecular complexity index is 1780. The largest absolute Gasteiger partial charge is 3.00 e. The summed E-state index contributed by atoms with van der Waals surface area (Å²) in [7, 11) is 2.65. The first-order chi connectivity index (χ1) is 19.8. The second-order valence-electron chi connectivity index (χ2n) is 11.7. The fourth-order valence-corrected chi connectivity index (χ4v) is 9.74. The summed E-state index contributed by atoms with van der Waals surface area (Å²) in [5, 5.41) is 3.00. The number of rotatable bonds is 1. The maximum Gasteiger partial charge on any atom is 3.00 e. The number of anilines is 4. The third-order valence-corrected chi connectivity index (χ3v) is 12.4. The molecule has 0 saturated carbocycles. The summed E-state index contributed by atoms with van der Waals surface area (Å²) in [5.74, 6) is 0.987. The minimum atomic E-state index is -1.61. The maximum atomic E-state index is 4.57. The van der Waals surface area contributed by atoms with Crippen molar-refractivity contribution < 1.29 is 20.1 Å². The first-order valence-electron chi connectivity index (χ1n) is 14.1. The van der Waals surface area contributed by atoms with Crippen LogP contribution in [-0.4, -0.2) is 38.6 Å². The van der Waals surface area contributed by atoms with Crippen molar-refractivity contribution in [3.8, 4) is 11.4 Å². The Morgan fingerprint density at radius 3 is 2.29 bits per heavy atom. The Balaban J connectivity index is 0.000000148. The van der Waals surface area contributed by atoms with Crippen molar-refractivity contribution in [2.75, 3.05) is 28.7 Å². The van der Waals surface area contributed by atoms with Crippen LogP contribution in [0.25, 0.3) is 11.4 Å². The van der Waals surface area contributed by atoms with E-state index in [0.717, 1.165) is 11.4 Å². The van der Waals surface area contributed by atoms with Crippen molar-refractivity contribution in [2.24, 2.45) is 0 Å². The first kappa shape index (κ1) is 28.5. The molecule has 0 N–H and O–H groups in total. The summed E-state index contributed by atoms with van der Waals surface area (Å²) in [4.78, 5) is 11.4. The van der Waals surface area contributed by atoms with Gasteiger partial charge in [0, 0.05) is 29.6 Å². The Labute approximate surface area is 264 Å². The summed E-state index contributed by atoms with van der Waals surface area (Å²) in [6.45, 7) is 11.5. The summed E-state index contributed by atoms with van der Waals surface area (Å²) in [5.41, 5.74) is 10.1. The average Bonchev–Trinajstić information content (AvgIpc) is 3.60. The van der Waals surface area contributed by atoms with Gasteiger partial charge in [-0.3, -0.25) is 4.98 Å². The second kappa shape index (κ2) is 10.6. The molecule has 8 heteroatoms. The monoisotopic (exact) mass is 743 g/mol. The predicted molar refractivity (Wildman–Crippen MR) is 175 cm³/mol. The molecule has 0 spiro atoms. The van der Waals surface area contributed by atoms with Crippen molar-refractivity contribution in [1.29, 1.82) is 0 Å². The zero-order valence-electron chi connectivity index (χ0n) is 24.8. The van der Waals surface area contributed by atoms with Crippen LogP contribution in [0.15, 0.2) is 85.2 Å². The van der Waals surface area contributed by atoms with E-state index in [1.165, 1.54) is 49.7 Å². The Morgan fingerprint density at radius 2 is 1.50 bits per heavy atom. The van der Waals surface area contributed by atoms with Gasteiger partial charge < -0.3 is 19.1 Å². The molecular formula is C34H33BIrN5Si. The number of aryl methyl sites for hydroxylation is 2. The molecule has 0 atom stereocenters. The summed E-state index contributed by atoms with van der Waals surface area (Å²) in [6, 6.07) is 32.5. The van der Waals surface area contributed by atoms with E-state index in [0.29, 0.717) is 0 Å². The molecule has 42 heavy (non-hydrogen) atoms. The van der Waals surface area contributed by atoms with Crippen LogP contribution < -0.4 is 30.4 Å². The van der Waals surface area contributed by atoms with E-state index in [4.69, 9.17) is 0 Å². The predicted octanol–water partition coefficient (Wildman–Crippen LogP) is 4.99. The summed E-state index contributed by atoms with van der Waals surface area (Å²) >= 11 is 0. The van der Waals surface area contributed by atoms with Crippen LogP contribution in [0.3, 0.4) is 0 Å². The number of imidazole rings is 1. The molecular weight excluding hydrogens is 710 g/mol. The molecule has 1 aromatic heterocycles. The Hall–Kier alpha value is -3.58. The average molecular weight is 743 g/mol. The molecule has 0 aliphatic carbocycles. The van der Waals surface area contributed by atoms with Crippen molar-refractivity contribution in [3.63, 3.8) is 0 Å². The van der Waals surface area contributed by atoms with E-state index in [2.05, 4.69) is 145 Å². The third-order valence-electron chi connectivity index (χ3n) is 8.88. The molecule has 0 amide bonds. The summed E-state index contributed by atoms with van der Waals surface area (Å²) in [6.07, 6.45) is 3.94. The van der Waals surface area contributed by atoms with Gasteiger partial charge in [-0.25, -0.2) is 0 Å². The number of hydrogen-bond acceptors (Lipinski definition) is 4. The van der Waals surface area contributed by atoms with Crippen LogP contribution >= 0.6 is 0 Å². The van der Waals surface area contributed by atoms with Gasteiger partial charge in [-0.05, 0) is 44.7 Å². The zero-order chi connectivity index (χ0) is 28.5. The number of nitrogens with zero attached hydrogens (tertiary/aromatic N) is 5. The van der Waals surface area contributed by atoms with E-state index in [1.807, 2.05) is 24.4 Å². The minimum Gasteiger partial charge on any atom is -0.504 e. The van der Waals surface area contributed by atoms with Gasteiger partial charge in [-0.1, -0.05) is 65.8 Å². The number of para-hydroxylation sites is 2. The first-order valence-corrected chi connectivity index (χ1v) is 17.1. The molecule has 5 nitrogen and oxygen atoms in total. The van der Waals surface area contributed by atoms with E-state index in [1.54, 1.807) is 0 Å². The van der Waals surface area contributed by atoms with Crippen LogP contribution in [0.2, 0.25) is 13.1 Å². The molecule has 0 unspecified atom stereocenters. The second-order valence-corrected chi connectivity index (χ2v) is 16.0. The number of fused-ring (bicyclic) bond motifs is 5. The van der Waals surface area contributed by atoms with Crippen LogP contribution in [0, 0.1) is 32.6 Å².